The zero-order valence-corrected chi connectivity index (χ0v) is 28.8. The number of primary amides is 1. The largest absolute Gasteiger partial charge is 0.436 e. The molecule has 0 aliphatic heterocycles. The predicted octanol–water partition coefficient (Wildman–Crippen LogP) is 4.22. The van der Waals surface area contributed by atoms with Crippen LogP contribution in [0.2, 0.25) is 0 Å². The smallest absolute Gasteiger partial charge is 0.295 e. The van der Waals surface area contributed by atoms with Crippen LogP contribution in [0.3, 0.4) is 0 Å². The summed E-state index contributed by atoms with van der Waals surface area (Å²) in [6.07, 6.45) is 3.54. The van der Waals surface area contributed by atoms with E-state index in [0.29, 0.717) is 58.1 Å². The molecule has 1 unspecified atom stereocenters. The Balaban J connectivity index is 1.34. The third-order valence-corrected chi connectivity index (χ3v) is 8.31. The number of amides is 3. The van der Waals surface area contributed by atoms with Gasteiger partial charge in [0.05, 0.1) is 33.5 Å². The van der Waals surface area contributed by atoms with Crippen molar-refractivity contribution in [1.29, 1.82) is 0 Å². The van der Waals surface area contributed by atoms with Crippen LogP contribution >= 0.6 is 0 Å². The van der Waals surface area contributed by atoms with Gasteiger partial charge in [-0.2, -0.15) is 0 Å². The van der Waals surface area contributed by atoms with Gasteiger partial charge in [0.1, 0.15) is 6.23 Å². The highest BCUT2D eigenvalue weighted by molar-refractivity contribution is 6.04. The number of aromatic nitrogens is 6. The first-order chi connectivity index (χ1) is 24.4. The number of hydrogen-bond donors (Lipinski definition) is 5. The summed E-state index contributed by atoms with van der Waals surface area (Å²) in [5.74, 6) is -0.215. The number of nitrogens with one attached hydrogen (secondary N) is 2. The van der Waals surface area contributed by atoms with E-state index >= 15 is 0 Å². The fraction of sp³-hybridized carbons (Fsp3) is 0.286. The Labute approximate surface area is 291 Å². The minimum absolute atomic E-state index is 0.0933. The Kier molecular flexibility index (Phi) is 9.54. The summed E-state index contributed by atoms with van der Waals surface area (Å²) in [5, 5.41) is 15.8. The second-order valence-electron chi connectivity index (χ2n) is 11.9. The number of benzene rings is 2. The molecule has 0 radical (unpaired) electrons. The number of imidazole rings is 2. The van der Waals surface area contributed by atoms with Gasteiger partial charge < -0.3 is 34.5 Å². The highest BCUT2D eigenvalue weighted by atomic mass is 16.4. The summed E-state index contributed by atoms with van der Waals surface area (Å²) >= 11 is 0. The van der Waals surface area contributed by atoms with Crippen LogP contribution in [0.25, 0.3) is 22.1 Å². The van der Waals surface area contributed by atoms with Crippen LogP contribution in [0.5, 0.6) is 0 Å². The highest BCUT2D eigenvalue weighted by Gasteiger charge is 2.23. The van der Waals surface area contributed by atoms with Gasteiger partial charge in [-0.3, -0.25) is 25.0 Å². The van der Waals surface area contributed by atoms with Crippen LogP contribution in [-0.2, 0) is 25.9 Å². The van der Waals surface area contributed by atoms with Crippen LogP contribution < -0.4 is 22.1 Å². The van der Waals surface area contributed by atoms with Crippen molar-refractivity contribution in [3.8, 4) is 0 Å². The zero-order chi connectivity index (χ0) is 36.6. The standard InChI is InChI=1S/C35H38N10O6/c1-6-22-28(50-18(4)38-22)32(48)42-34-40-24-15-20(30(36)46)10-11-26(24)44(34)12-8-9-13-45-27-17(3)14-21(31(37)47)16-25(27)41-35(45)43-33(49)29-23(7-2)39-19(5)51-29/h8-11,14-16,31,47H,6-7,12-13,37H2,1-5H3,(H2,36,46)(H,40,42,48)(H,41,43,49)/b9-8+. The average Bonchev–Trinajstić information content (AvgIpc) is 3.85. The number of hydrogen-bond acceptors (Lipinski definition) is 11. The second-order valence-corrected chi connectivity index (χ2v) is 11.9. The Hall–Kier alpha value is -6.13. The molecule has 0 aliphatic rings. The third-order valence-electron chi connectivity index (χ3n) is 8.31. The van der Waals surface area contributed by atoms with Crippen LogP contribution in [0, 0.1) is 20.8 Å². The predicted molar refractivity (Wildman–Crippen MR) is 188 cm³/mol. The lowest BCUT2D eigenvalue weighted by atomic mass is 10.1. The van der Waals surface area contributed by atoms with Crippen molar-refractivity contribution in [2.45, 2.75) is 66.8 Å². The quantitative estimate of drug-likeness (QED) is 0.0898. The van der Waals surface area contributed by atoms with Gasteiger partial charge in [-0.1, -0.05) is 26.0 Å². The summed E-state index contributed by atoms with van der Waals surface area (Å²) in [7, 11) is 0. The van der Waals surface area contributed by atoms with Gasteiger partial charge in [0.25, 0.3) is 11.8 Å². The number of nitrogens with two attached hydrogens (primary N) is 2. The molecule has 3 amide bonds. The van der Waals surface area contributed by atoms with E-state index in [9.17, 15) is 19.5 Å². The van der Waals surface area contributed by atoms with Crippen molar-refractivity contribution in [2.75, 3.05) is 10.6 Å². The molecule has 0 spiro atoms. The van der Waals surface area contributed by atoms with E-state index < -0.39 is 23.9 Å². The molecule has 0 saturated carbocycles. The first-order valence-electron chi connectivity index (χ1n) is 16.3. The molecule has 16 heteroatoms. The molecule has 4 heterocycles. The lowest BCUT2D eigenvalue weighted by Crippen LogP contribution is -2.17. The van der Waals surface area contributed by atoms with Gasteiger partial charge in [-0.15, -0.1) is 0 Å². The molecule has 0 aliphatic carbocycles. The van der Waals surface area contributed by atoms with Crippen molar-refractivity contribution in [3.63, 3.8) is 0 Å². The van der Waals surface area contributed by atoms with Crippen LogP contribution in [0.15, 0.2) is 51.3 Å². The number of rotatable bonds is 12. The van der Waals surface area contributed by atoms with Crippen LogP contribution in [0.1, 0.15) is 85.8 Å². The van der Waals surface area contributed by atoms with E-state index in [0.717, 1.165) is 11.1 Å². The molecular formula is C35H38N10O6. The summed E-state index contributed by atoms with van der Waals surface area (Å²) in [5.41, 5.74) is 16.2. The number of fused-ring (bicyclic) bond motifs is 2. The summed E-state index contributed by atoms with van der Waals surface area (Å²) < 4.78 is 14.8. The Bertz CT molecular complexity index is 2340. The minimum atomic E-state index is -1.21. The van der Waals surface area contributed by atoms with Gasteiger partial charge in [0.15, 0.2) is 11.8 Å². The molecule has 6 rings (SSSR count). The van der Waals surface area contributed by atoms with Crippen LogP contribution in [0.4, 0.5) is 11.9 Å². The zero-order valence-electron chi connectivity index (χ0n) is 28.8. The Morgan fingerprint density at radius 1 is 0.824 bits per heavy atom. The molecule has 51 heavy (non-hydrogen) atoms. The number of allylic oxidation sites excluding steroid dienone is 2. The van der Waals surface area contributed by atoms with E-state index in [1.54, 1.807) is 48.7 Å². The normalized spacial score (nSPS) is 12.3. The maximum absolute atomic E-state index is 13.4. The molecule has 4 aromatic heterocycles. The minimum Gasteiger partial charge on any atom is -0.436 e. The van der Waals surface area contributed by atoms with Crippen molar-refractivity contribution in [1.82, 2.24) is 29.1 Å². The van der Waals surface area contributed by atoms with Crippen molar-refractivity contribution < 1.29 is 28.3 Å². The molecule has 16 nitrogen and oxygen atoms in total. The molecule has 2 aromatic carbocycles. The number of nitrogens with zero attached hydrogens (tertiary/aromatic N) is 6. The lowest BCUT2D eigenvalue weighted by Gasteiger charge is -2.11. The Morgan fingerprint density at radius 3 is 1.92 bits per heavy atom. The molecule has 6 aromatic rings. The summed E-state index contributed by atoms with van der Waals surface area (Å²) in [6.45, 7) is 9.49. The first kappa shape index (κ1) is 34.7. The van der Waals surface area contributed by atoms with Gasteiger partial charge in [-0.05, 0) is 61.2 Å². The van der Waals surface area contributed by atoms with Crippen LogP contribution in [-0.4, -0.2) is 51.9 Å². The first-order valence-corrected chi connectivity index (χ1v) is 16.3. The topological polar surface area (TPSA) is 235 Å². The lowest BCUT2D eigenvalue weighted by molar-refractivity contribution is 0.0985. The fourth-order valence-corrected chi connectivity index (χ4v) is 5.96. The van der Waals surface area contributed by atoms with E-state index in [-0.39, 0.29) is 42.1 Å². The average molecular weight is 695 g/mol. The van der Waals surface area contributed by atoms with E-state index in [1.165, 1.54) is 0 Å². The number of carbonyl (C=O) groups excluding carboxylic acids is 3. The van der Waals surface area contributed by atoms with Crippen molar-refractivity contribution >= 4 is 51.7 Å². The number of anilines is 2. The number of aliphatic hydroxyl groups excluding tert-OH is 1. The second kappa shape index (κ2) is 14.0. The van der Waals surface area contributed by atoms with Gasteiger partial charge in [0, 0.05) is 32.5 Å². The number of oxazole rings is 2. The molecular weight excluding hydrogens is 656 g/mol. The summed E-state index contributed by atoms with van der Waals surface area (Å²) in [4.78, 5) is 56.5. The van der Waals surface area contributed by atoms with Gasteiger partial charge >= 0.3 is 0 Å². The fourth-order valence-electron chi connectivity index (χ4n) is 5.96. The van der Waals surface area contributed by atoms with Gasteiger partial charge in [0.2, 0.25) is 29.3 Å². The molecule has 0 bridgehead atoms. The molecule has 264 valence electrons. The number of aliphatic hydroxyl groups is 1. The number of aryl methyl sites for hydroxylation is 5. The van der Waals surface area contributed by atoms with E-state index in [2.05, 4.69) is 30.6 Å². The van der Waals surface area contributed by atoms with Crippen molar-refractivity contribution in [2.24, 2.45) is 11.5 Å². The van der Waals surface area contributed by atoms with Crippen molar-refractivity contribution in [3.05, 3.63) is 93.9 Å². The van der Waals surface area contributed by atoms with E-state index in [4.69, 9.17) is 20.3 Å². The molecule has 1 atom stereocenters. The Morgan fingerprint density at radius 2 is 1.37 bits per heavy atom. The molecule has 7 N–H and O–H groups in total. The SMILES string of the molecule is CCc1nc(C)oc1C(=O)Nc1nc2cc(C(N)=O)ccc2n1C/C=C/Cn1c(NC(=O)c2oc(C)nc2CC)nc2cc(C(N)O)cc(C)c21. The molecule has 0 fully saturated rings. The van der Waals surface area contributed by atoms with E-state index in [1.807, 2.05) is 37.5 Å². The monoisotopic (exact) mass is 694 g/mol. The molecule has 0 saturated heterocycles. The third kappa shape index (κ3) is 6.86. The number of carbonyl (C=O) groups is 3. The summed E-state index contributed by atoms with van der Waals surface area (Å²) in [6, 6.07) is 8.30. The maximum Gasteiger partial charge on any atom is 0.295 e. The van der Waals surface area contributed by atoms with Gasteiger partial charge in [-0.25, -0.2) is 19.9 Å². The maximum atomic E-state index is 13.4. The highest BCUT2D eigenvalue weighted by Crippen LogP contribution is 2.28.